The van der Waals surface area contributed by atoms with E-state index in [9.17, 15) is 0 Å². The third kappa shape index (κ3) is 13.6. The van der Waals surface area contributed by atoms with E-state index in [4.69, 9.17) is 0 Å². The van der Waals surface area contributed by atoms with Crippen molar-refractivity contribution in [1.82, 2.24) is 19.9 Å². The monoisotopic (exact) mass is 316 g/mol. The maximum Gasteiger partial charge on any atom is 0.0267 e. The Morgan fingerprint density at radius 3 is 0.417 bits per heavy atom. The molecule has 0 aliphatic carbocycles. The number of aromatic nitrogens is 4. The van der Waals surface area contributed by atoms with Gasteiger partial charge in [-0.2, -0.15) is 0 Å². The van der Waals surface area contributed by atoms with Crippen LogP contribution in [0.3, 0.4) is 0 Å². The summed E-state index contributed by atoms with van der Waals surface area (Å²) in [7, 11) is 0. The Hall–Kier alpha value is -3.40. The van der Waals surface area contributed by atoms with Crippen molar-refractivity contribution in [2.24, 2.45) is 0 Å². The van der Waals surface area contributed by atoms with E-state index in [1.807, 2.05) is 72.8 Å². The summed E-state index contributed by atoms with van der Waals surface area (Å²) in [5.74, 6) is 0. The molecule has 0 saturated heterocycles. The molecule has 4 aromatic rings. The molecular formula is C20H20N4. The van der Waals surface area contributed by atoms with Gasteiger partial charge in [-0.25, -0.2) is 0 Å². The van der Waals surface area contributed by atoms with Gasteiger partial charge in [-0.15, -0.1) is 0 Å². The highest BCUT2D eigenvalue weighted by molar-refractivity contribution is 4.89. The van der Waals surface area contributed by atoms with Gasteiger partial charge in [-0.05, 0) is 48.5 Å². The molecule has 4 heteroatoms. The molecule has 0 spiro atoms. The second kappa shape index (κ2) is 16.0. The lowest BCUT2D eigenvalue weighted by atomic mass is 10.5. The molecule has 0 saturated carbocycles. The Bertz CT molecular complexity index is 429. The molecule has 0 bridgehead atoms. The molecular weight excluding hydrogens is 296 g/mol. The van der Waals surface area contributed by atoms with E-state index in [-0.39, 0.29) is 0 Å². The molecule has 4 nitrogen and oxygen atoms in total. The van der Waals surface area contributed by atoms with Gasteiger partial charge in [-0.1, -0.05) is 24.3 Å². The summed E-state index contributed by atoms with van der Waals surface area (Å²) in [4.78, 5) is 15.1. The summed E-state index contributed by atoms with van der Waals surface area (Å²) in [6.07, 6.45) is 14.0. The van der Waals surface area contributed by atoms with Crippen LogP contribution < -0.4 is 0 Å². The molecule has 0 fully saturated rings. The van der Waals surface area contributed by atoms with Gasteiger partial charge in [0, 0.05) is 49.6 Å². The van der Waals surface area contributed by atoms with Crippen LogP contribution in [-0.2, 0) is 0 Å². The Balaban J connectivity index is 0.000000160. The van der Waals surface area contributed by atoms with Crippen LogP contribution in [0.5, 0.6) is 0 Å². The molecule has 0 amide bonds. The zero-order valence-corrected chi connectivity index (χ0v) is 13.3. The van der Waals surface area contributed by atoms with Gasteiger partial charge in [0.25, 0.3) is 0 Å². The van der Waals surface area contributed by atoms with Crippen LogP contribution in [0.2, 0.25) is 0 Å². The average molecular weight is 316 g/mol. The van der Waals surface area contributed by atoms with Crippen molar-refractivity contribution in [2.45, 2.75) is 0 Å². The van der Waals surface area contributed by atoms with Gasteiger partial charge < -0.3 is 0 Å². The normalized spacial score (nSPS) is 8.00. The predicted molar refractivity (Wildman–Crippen MR) is 96.9 cm³/mol. The van der Waals surface area contributed by atoms with Crippen molar-refractivity contribution in [3.63, 3.8) is 0 Å². The van der Waals surface area contributed by atoms with Gasteiger partial charge >= 0.3 is 0 Å². The van der Waals surface area contributed by atoms with Crippen molar-refractivity contribution >= 4 is 0 Å². The minimum atomic E-state index is 1.75. The van der Waals surface area contributed by atoms with Crippen LogP contribution in [0.4, 0.5) is 0 Å². The largest absolute Gasteiger partial charge is 0.265 e. The second-order valence-corrected chi connectivity index (χ2v) is 4.10. The SMILES string of the molecule is c1ccncc1.c1ccncc1.c1ccncc1.c1ccncc1. The Labute approximate surface area is 142 Å². The maximum atomic E-state index is 3.78. The first-order valence-corrected chi connectivity index (χ1v) is 7.40. The van der Waals surface area contributed by atoms with Gasteiger partial charge in [0.2, 0.25) is 0 Å². The number of hydrogen-bond acceptors (Lipinski definition) is 4. The fourth-order valence-electron chi connectivity index (χ4n) is 1.25. The molecule has 4 rings (SSSR count). The summed E-state index contributed by atoms with van der Waals surface area (Å²) in [6.45, 7) is 0. The number of pyridine rings is 4. The molecule has 0 N–H and O–H groups in total. The van der Waals surface area contributed by atoms with Crippen LogP contribution in [0.25, 0.3) is 0 Å². The maximum absolute atomic E-state index is 3.78. The Morgan fingerprint density at radius 1 is 0.208 bits per heavy atom. The number of nitrogens with zero attached hydrogens (tertiary/aromatic N) is 4. The van der Waals surface area contributed by atoms with Gasteiger partial charge in [0.15, 0.2) is 0 Å². The van der Waals surface area contributed by atoms with Gasteiger partial charge in [-0.3, -0.25) is 19.9 Å². The molecule has 0 aliphatic heterocycles. The lowest BCUT2D eigenvalue weighted by Gasteiger charge is -1.70. The summed E-state index contributed by atoms with van der Waals surface area (Å²) in [5, 5.41) is 0. The van der Waals surface area contributed by atoms with Crippen LogP contribution >= 0.6 is 0 Å². The molecule has 4 aromatic heterocycles. The third-order valence-corrected chi connectivity index (χ3v) is 2.27. The highest BCUT2D eigenvalue weighted by atomic mass is 14.6. The molecule has 0 radical (unpaired) electrons. The molecule has 120 valence electrons. The summed E-state index contributed by atoms with van der Waals surface area (Å²) in [6, 6.07) is 22.9. The smallest absolute Gasteiger partial charge is 0.0267 e. The zero-order chi connectivity index (χ0) is 17.0. The fourth-order valence-corrected chi connectivity index (χ4v) is 1.25. The number of hydrogen-bond donors (Lipinski definition) is 0. The predicted octanol–water partition coefficient (Wildman–Crippen LogP) is 4.33. The molecule has 24 heavy (non-hydrogen) atoms. The van der Waals surface area contributed by atoms with Crippen LogP contribution in [0.1, 0.15) is 0 Å². The van der Waals surface area contributed by atoms with E-state index in [1.54, 1.807) is 49.6 Å². The summed E-state index contributed by atoms with van der Waals surface area (Å²) >= 11 is 0. The highest BCUT2D eigenvalue weighted by Crippen LogP contribution is 1.75. The average Bonchev–Trinajstić information content (AvgIpc) is 2.75. The first-order chi connectivity index (χ1) is 12.0. The highest BCUT2D eigenvalue weighted by Gasteiger charge is 1.60. The van der Waals surface area contributed by atoms with Gasteiger partial charge in [0.05, 0.1) is 0 Å². The van der Waals surface area contributed by atoms with E-state index in [1.165, 1.54) is 0 Å². The standard InChI is InChI=1S/4C5H5N/c4*1-2-4-6-5-3-1/h4*1-5H. The molecule has 0 atom stereocenters. The third-order valence-electron chi connectivity index (χ3n) is 2.27. The van der Waals surface area contributed by atoms with E-state index in [0.29, 0.717) is 0 Å². The minimum Gasteiger partial charge on any atom is -0.265 e. The molecule has 4 heterocycles. The second-order valence-electron chi connectivity index (χ2n) is 4.10. The minimum absolute atomic E-state index is 1.75. The van der Waals surface area contributed by atoms with Crippen molar-refractivity contribution in [2.75, 3.05) is 0 Å². The van der Waals surface area contributed by atoms with Crippen molar-refractivity contribution in [1.29, 1.82) is 0 Å². The van der Waals surface area contributed by atoms with Gasteiger partial charge in [0.1, 0.15) is 0 Å². The summed E-state index contributed by atoms with van der Waals surface area (Å²) < 4.78 is 0. The lowest BCUT2D eigenvalue weighted by Crippen LogP contribution is -1.58. The summed E-state index contributed by atoms with van der Waals surface area (Å²) in [5.41, 5.74) is 0. The van der Waals surface area contributed by atoms with Crippen LogP contribution in [0, 0.1) is 0 Å². The van der Waals surface area contributed by atoms with E-state index >= 15 is 0 Å². The van der Waals surface area contributed by atoms with Crippen molar-refractivity contribution in [3.8, 4) is 0 Å². The molecule has 0 aromatic carbocycles. The van der Waals surface area contributed by atoms with Crippen LogP contribution in [-0.4, -0.2) is 19.9 Å². The van der Waals surface area contributed by atoms with Crippen molar-refractivity contribution in [3.05, 3.63) is 122 Å². The van der Waals surface area contributed by atoms with E-state index < -0.39 is 0 Å². The Kier molecular flexibility index (Phi) is 12.4. The molecule has 0 unspecified atom stereocenters. The molecule has 0 aliphatic rings. The van der Waals surface area contributed by atoms with Crippen molar-refractivity contribution < 1.29 is 0 Å². The fraction of sp³-hybridized carbons (Fsp3) is 0. The van der Waals surface area contributed by atoms with E-state index in [2.05, 4.69) is 19.9 Å². The van der Waals surface area contributed by atoms with Crippen LogP contribution in [0.15, 0.2) is 122 Å². The zero-order valence-electron chi connectivity index (χ0n) is 13.3. The quantitative estimate of drug-likeness (QED) is 0.484. The van der Waals surface area contributed by atoms with E-state index in [0.717, 1.165) is 0 Å². The first-order valence-electron chi connectivity index (χ1n) is 7.40. The first kappa shape index (κ1) is 18.6. The number of rotatable bonds is 0. The Morgan fingerprint density at radius 2 is 0.375 bits per heavy atom. The lowest BCUT2D eigenvalue weighted by molar-refractivity contribution is 1.33. The topological polar surface area (TPSA) is 51.6 Å².